The van der Waals surface area contributed by atoms with E-state index in [1.807, 2.05) is 20.2 Å². The Hall–Kier alpha value is -2.55. The molecule has 0 N–H and O–H groups in total. The highest BCUT2D eigenvalue weighted by atomic mass is 16.4. The normalized spacial score (nSPS) is 17.5. The van der Waals surface area contributed by atoms with Gasteiger partial charge in [-0.1, -0.05) is 0 Å². The Balaban J connectivity index is 1.49. The Kier molecular flexibility index (Phi) is 3.64. The van der Waals surface area contributed by atoms with Crippen LogP contribution in [0.5, 0.6) is 0 Å². The molecular formula is C15H20N8O. The second kappa shape index (κ2) is 5.82. The number of hydrogen-bond acceptors (Lipinski definition) is 8. The van der Waals surface area contributed by atoms with Crippen molar-refractivity contribution in [1.82, 2.24) is 34.8 Å². The molecule has 0 radical (unpaired) electrons. The van der Waals surface area contributed by atoms with E-state index < -0.39 is 0 Å². The molecule has 126 valence electrons. The predicted octanol–water partition coefficient (Wildman–Crippen LogP) is 0.938. The Morgan fingerprint density at radius 3 is 2.62 bits per heavy atom. The molecule has 0 saturated carbocycles. The summed E-state index contributed by atoms with van der Waals surface area (Å²) in [6.07, 6.45) is 3.44. The summed E-state index contributed by atoms with van der Waals surface area (Å²) in [4.78, 5) is 13.4. The maximum Gasteiger partial charge on any atom is 0.233 e. The molecule has 4 heterocycles. The molecule has 3 aromatic heterocycles. The highest BCUT2D eigenvalue weighted by molar-refractivity contribution is 5.86. The van der Waals surface area contributed by atoms with Crippen LogP contribution in [0.2, 0.25) is 0 Å². The first kappa shape index (κ1) is 15.0. The van der Waals surface area contributed by atoms with E-state index in [0.29, 0.717) is 11.8 Å². The first-order valence-corrected chi connectivity index (χ1v) is 8.05. The first-order valence-electron chi connectivity index (χ1n) is 8.05. The van der Waals surface area contributed by atoms with Crippen molar-refractivity contribution in [1.29, 1.82) is 0 Å². The highest BCUT2D eigenvalue weighted by Crippen LogP contribution is 2.26. The molecule has 0 aromatic carbocycles. The fourth-order valence-corrected chi connectivity index (χ4v) is 3.16. The van der Waals surface area contributed by atoms with Gasteiger partial charge in [-0.05, 0) is 6.92 Å². The lowest BCUT2D eigenvalue weighted by atomic mass is 10.2. The minimum Gasteiger partial charge on any atom is -0.424 e. The van der Waals surface area contributed by atoms with E-state index >= 15 is 0 Å². The summed E-state index contributed by atoms with van der Waals surface area (Å²) in [5.74, 6) is 2.24. The maximum absolute atomic E-state index is 5.56. The standard InChI is InChI=1S/C15H20N8O/c1-10(15-20-19-11(2)24-15)22-4-6-23(7-5-22)14-12-8-18-21(3)13(12)16-9-17-14/h8-10H,4-7H2,1-3H3/t10-/m1/s1. The third-order valence-electron chi connectivity index (χ3n) is 4.57. The van der Waals surface area contributed by atoms with Gasteiger partial charge in [0.05, 0.1) is 17.6 Å². The summed E-state index contributed by atoms with van der Waals surface area (Å²) in [5.41, 5.74) is 0.858. The fourth-order valence-electron chi connectivity index (χ4n) is 3.16. The quantitative estimate of drug-likeness (QED) is 0.702. The molecule has 1 atom stereocenters. The average Bonchev–Trinajstić information content (AvgIpc) is 3.21. The summed E-state index contributed by atoms with van der Waals surface area (Å²) in [6, 6.07) is 0.122. The topological polar surface area (TPSA) is 89.0 Å². The number of fused-ring (bicyclic) bond motifs is 1. The van der Waals surface area contributed by atoms with Crippen LogP contribution in [0.1, 0.15) is 24.7 Å². The highest BCUT2D eigenvalue weighted by Gasteiger charge is 2.26. The summed E-state index contributed by atoms with van der Waals surface area (Å²) < 4.78 is 7.34. The van der Waals surface area contributed by atoms with Gasteiger partial charge >= 0.3 is 0 Å². The SMILES string of the molecule is Cc1nnc([C@@H](C)N2CCN(c3ncnc4c3cnn4C)CC2)o1. The van der Waals surface area contributed by atoms with Gasteiger partial charge in [0.2, 0.25) is 11.8 Å². The van der Waals surface area contributed by atoms with E-state index in [1.54, 1.807) is 11.0 Å². The van der Waals surface area contributed by atoms with Gasteiger partial charge in [-0.3, -0.25) is 9.58 Å². The molecule has 0 unspecified atom stereocenters. The number of hydrogen-bond donors (Lipinski definition) is 0. The van der Waals surface area contributed by atoms with E-state index in [0.717, 1.165) is 43.0 Å². The van der Waals surface area contributed by atoms with Crippen molar-refractivity contribution in [2.45, 2.75) is 19.9 Å². The van der Waals surface area contributed by atoms with Gasteiger partial charge in [-0.2, -0.15) is 5.10 Å². The van der Waals surface area contributed by atoms with Gasteiger partial charge in [0, 0.05) is 40.2 Å². The first-order chi connectivity index (χ1) is 11.6. The van der Waals surface area contributed by atoms with Gasteiger partial charge in [-0.15, -0.1) is 10.2 Å². The van der Waals surface area contributed by atoms with Crippen LogP contribution in [-0.4, -0.2) is 61.0 Å². The summed E-state index contributed by atoms with van der Waals surface area (Å²) in [7, 11) is 1.89. The Bertz CT molecular complexity index is 848. The summed E-state index contributed by atoms with van der Waals surface area (Å²) in [6.45, 7) is 7.52. The summed E-state index contributed by atoms with van der Waals surface area (Å²) in [5, 5.41) is 13.3. The van der Waals surface area contributed by atoms with Crippen LogP contribution >= 0.6 is 0 Å². The molecule has 4 rings (SSSR count). The molecule has 1 aliphatic heterocycles. The van der Waals surface area contributed by atoms with E-state index in [4.69, 9.17) is 4.42 Å². The zero-order chi connectivity index (χ0) is 16.7. The van der Waals surface area contributed by atoms with Crippen molar-refractivity contribution in [2.75, 3.05) is 31.1 Å². The monoisotopic (exact) mass is 328 g/mol. The third kappa shape index (κ3) is 2.50. The largest absolute Gasteiger partial charge is 0.424 e. The van der Waals surface area contributed by atoms with Crippen LogP contribution in [0.4, 0.5) is 5.82 Å². The van der Waals surface area contributed by atoms with Gasteiger partial charge in [0.25, 0.3) is 0 Å². The maximum atomic E-state index is 5.56. The van der Waals surface area contributed by atoms with Crippen LogP contribution in [0.25, 0.3) is 11.0 Å². The average molecular weight is 328 g/mol. The van der Waals surface area contributed by atoms with Crippen molar-refractivity contribution in [3.8, 4) is 0 Å². The van der Waals surface area contributed by atoms with Crippen LogP contribution in [-0.2, 0) is 7.05 Å². The molecule has 1 saturated heterocycles. The molecule has 3 aromatic rings. The smallest absolute Gasteiger partial charge is 0.233 e. The Morgan fingerprint density at radius 1 is 1.12 bits per heavy atom. The molecule has 0 spiro atoms. The van der Waals surface area contributed by atoms with Crippen molar-refractivity contribution >= 4 is 16.9 Å². The van der Waals surface area contributed by atoms with Crippen LogP contribution in [0, 0.1) is 6.92 Å². The van der Waals surface area contributed by atoms with Crippen LogP contribution in [0.3, 0.4) is 0 Å². The van der Waals surface area contributed by atoms with Gasteiger partial charge in [0.1, 0.15) is 12.1 Å². The van der Waals surface area contributed by atoms with Crippen LogP contribution in [0.15, 0.2) is 16.9 Å². The number of aryl methyl sites for hydroxylation is 2. The minimum atomic E-state index is 0.122. The van der Waals surface area contributed by atoms with Crippen LogP contribution < -0.4 is 4.90 Å². The van der Waals surface area contributed by atoms with Gasteiger partial charge in [-0.25, -0.2) is 9.97 Å². The van der Waals surface area contributed by atoms with Crippen molar-refractivity contribution in [3.05, 3.63) is 24.3 Å². The van der Waals surface area contributed by atoms with Gasteiger partial charge in [0.15, 0.2) is 5.65 Å². The number of aromatic nitrogens is 6. The number of anilines is 1. The molecular weight excluding hydrogens is 308 g/mol. The third-order valence-corrected chi connectivity index (χ3v) is 4.57. The minimum absolute atomic E-state index is 0.122. The van der Waals surface area contributed by atoms with Crippen molar-refractivity contribution in [3.63, 3.8) is 0 Å². The molecule has 0 amide bonds. The van der Waals surface area contributed by atoms with E-state index in [2.05, 4.69) is 42.0 Å². The number of rotatable bonds is 3. The molecule has 1 aliphatic rings. The van der Waals surface area contributed by atoms with E-state index in [-0.39, 0.29) is 6.04 Å². The molecule has 1 fully saturated rings. The fraction of sp³-hybridized carbons (Fsp3) is 0.533. The molecule has 24 heavy (non-hydrogen) atoms. The van der Waals surface area contributed by atoms with Gasteiger partial charge < -0.3 is 9.32 Å². The summed E-state index contributed by atoms with van der Waals surface area (Å²) >= 11 is 0. The second-order valence-electron chi connectivity index (χ2n) is 6.06. The Labute approximate surface area is 139 Å². The molecule has 9 nitrogen and oxygen atoms in total. The Morgan fingerprint density at radius 2 is 1.92 bits per heavy atom. The zero-order valence-corrected chi connectivity index (χ0v) is 14.0. The van der Waals surface area contributed by atoms with E-state index in [9.17, 15) is 0 Å². The predicted molar refractivity (Wildman–Crippen MR) is 87.5 cm³/mol. The molecule has 0 bridgehead atoms. The number of nitrogens with zero attached hydrogens (tertiary/aromatic N) is 8. The second-order valence-corrected chi connectivity index (χ2v) is 6.06. The zero-order valence-electron chi connectivity index (χ0n) is 14.0. The lowest BCUT2D eigenvalue weighted by Gasteiger charge is -2.37. The molecule has 0 aliphatic carbocycles. The van der Waals surface area contributed by atoms with E-state index in [1.165, 1.54) is 0 Å². The lowest BCUT2D eigenvalue weighted by Crippen LogP contribution is -2.47. The number of piperazine rings is 1. The van der Waals surface area contributed by atoms with Crippen molar-refractivity contribution < 1.29 is 4.42 Å². The lowest BCUT2D eigenvalue weighted by molar-refractivity contribution is 0.172. The molecule has 9 heteroatoms. The van der Waals surface area contributed by atoms with Crippen molar-refractivity contribution in [2.24, 2.45) is 7.05 Å².